The van der Waals surface area contributed by atoms with E-state index in [9.17, 15) is 0 Å². The van der Waals surface area contributed by atoms with Gasteiger partial charge in [-0.15, -0.1) is 0 Å². The average Bonchev–Trinajstić information content (AvgIpc) is 2.68. The van der Waals surface area contributed by atoms with Gasteiger partial charge in [-0.2, -0.15) is 0 Å². The predicted molar refractivity (Wildman–Crippen MR) is 87.6 cm³/mol. The van der Waals surface area contributed by atoms with Crippen LogP contribution in [0.4, 0.5) is 0 Å². The first-order valence-corrected chi connectivity index (χ1v) is 8.52. The summed E-state index contributed by atoms with van der Waals surface area (Å²) >= 11 is 0. The Morgan fingerprint density at radius 2 is 1.86 bits per heavy atom. The zero-order chi connectivity index (χ0) is 14.9. The molecule has 1 aromatic carbocycles. The van der Waals surface area contributed by atoms with Crippen LogP contribution in [-0.4, -0.2) is 12.6 Å². The van der Waals surface area contributed by atoms with E-state index < -0.39 is 0 Å². The molecule has 0 saturated heterocycles. The lowest BCUT2D eigenvalue weighted by molar-refractivity contribution is 0.212. The molecule has 3 unspecified atom stereocenters. The molecule has 0 bridgehead atoms. The molecule has 2 nitrogen and oxygen atoms in total. The maximum absolute atomic E-state index is 5.80. The molecular weight excluding hydrogens is 258 g/mol. The maximum Gasteiger partial charge on any atom is 0.124 e. The normalized spacial score (nSPS) is 29.6. The highest BCUT2D eigenvalue weighted by Gasteiger charge is 2.30. The van der Waals surface area contributed by atoms with Gasteiger partial charge in [0.2, 0.25) is 0 Å². The fourth-order valence-electron chi connectivity index (χ4n) is 3.92. The minimum Gasteiger partial charge on any atom is -0.491 e. The number of fused-ring (bicyclic) bond motifs is 1. The molecule has 116 valence electrons. The van der Waals surface area contributed by atoms with E-state index in [1.807, 2.05) is 0 Å². The molecule has 1 aliphatic heterocycles. The summed E-state index contributed by atoms with van der Waals surface area (Å²) in [6, 6.07) is 9.50. The molecule has 2 aliphatic rings. The van der Waals surface area contributed by atoms with Gasteiger partial charge in [0.15, 0.2) is 0 Å². The van der Waals surface area contributed by atoms with E-state index in [1.54, 1.807) is 0 Å². The summed E-state index contributed by atoms with van der Waals surface area (Å²) in [5.74, 6) is 1.94. The third kappa shape index (κ3) is 3.42. The van der Waals surface area contributed by atoms with E-state index in [0.717, 1.165) is 18.3 Å². The van der Waals surface area contributed by atoms with Gasteiger partial charge in [-0.1, -0.05) is 45.4 Å². The standard InChI is InChI=1S/C19H29NO/c1-19(2,3)14-7-6-8-15(12-11-14)20-17-13-21-18-10-5-4-9-16(17)18/h4-5,9-10,14-15,17,20H,6-8,11-13H2,1-3H3. The van der Waals surface area contributed by atoms with Gasteiger partial charge in [-0.3, -0.25) is 0 Å². The molecule has 1 aromatic rings. The van der Waals surface area contributed by atoms with Crippen LogP contribution in [0, 0.1) is 11.3 Å². The summed E-state index contributed by atoms with van der Waals surface area (Å²) in [6.07, 6.45) is 6.72. The molecule has 2 heteroatoms. The average molecular weight is 287 g/mol. The molecule has 0 spiro atoms. The van der Waals surface area contributed by atoms with Crippen molar-refractivity contribution < 1.29 is 4.74 Å². The number of nitrogens with one attached hydrogen (secondary N) is 1. The highest BCUT2D eigenvalue weighted by atomic mass is 16.5. The fraction of sp³-hybridized carbons (Fsp3) is 0.684. The summed E-state index contributed by atoms with van der Waals surface area (Å²) in [5, 5.41) is 3.86. The van der Waals surface area contributed by atoms with Crippen LogP contribution < -0.4 is 10.1 Å². The topological polar surface area (TPSA) is 21.3 Å². The minimum absolute atomic E-state index is 0.386. The zero-order valence-corrected chi connectivity index (χ0v) is 13.7. The van der Waals surface area contributed by atoms with Crippen molar-refractivity contribution in [3.63, 3.8) is 0 Å². The number of para-hydroxylation sites is 1. The van der Waals surface area contributed by atoms with Crippen molar-refractivity contribution in [3.8, 4) is 5.75 Å². The fourth-order valence-corrected chi connectivity index (χ4v) is 3.92. The Labute approximate surface area is 129 Å². The van der Waals surface area contributed by atoms with Gasteiger partial charge in [0, 0.05) is 11.6 Å². The number of rotatable bonds is 2. The Hall–Kier alpha value is -1.02. The highest BCUT2D eigenvalue weighted by Crippen LogP contribution is 2.38. The second kappa shape index (κ2) is 6.00. The number of hydrogen-bond acceptors (Lipinski definition) is 2. The van der Waals surface area contributed by atoms with Crippen molar-refractivity contribution in [1.82, 2.24) is 5.32 Å². The van der Waals surface area contributed by atoms with Crippen LogP contribution in [-0.2, 0) is 0 Å². The van der Waals surface area contributed by atoms with Crippen LogP contribution in [0.15, 0.2) is 24.3 Å². The van der Waals surface area contributed by atoms with Gasteiger partial charge in [0.05, 0.1) is 6.04 Å². The van der Waals surface area contributed by atoms with Gasteiger partial charge < -0.3 is 10.1 Å². The van der Waals surface area contributed by atoms with E-state index >= 15 is 0 Å². The molecule has 0 amide bonds. The number of ether oxygens (including phenoxy) is 1. The first kappa shape index (κ1) is 14.9. The van der Waals surface area contributed by atoms with Crippen molar-refractivity contribution in [1.29, 1.82) is 0 Å². The summed E-state index contributed by atoms with van der Waals surface area (Å²) in [7, 11) is 0. The maximum atomic E-state index is 5.80. The Bertz CT molecular complexity index is 477. The lowest BCUT2D eigenvalue weighted by Crippen LogP contribution is -2.33. The van der Waals surface area contributed by atoms with E-state index in [0.29, 0.717) is 17.5 Å². The van der Waals surface area contributed by atoms with Crippen LogP contribution in [0.3, 0.4) is 0 Å². The Morgan fingerprint density at radius 3 is 2.67 bits per heavy atom. The summed E-state index contributed by atoms with van der Waals surface area (Å²) in [5.41, 5.74) is 1.80. The number of hydrogen-bond donors (Lipinski definition) is 1. The first-order valence-electron chi connectivity index (χ1n) is 8.52. The van der Waals surface area contributed by atoms with Gasteiger partial charge in [0.1, 0.15) is 12.4 Å². The van der Waals surface area contributed by atoms with Crippen molar-refractivity contribution >= 4 is 0 Å². The second-order valence-electron chi connectivity index (χ2n) is 7.84. The van der Waals surface area contributed by atoms with E-state index in [2.05, 4.69) is 50.4 Å². The van der Waals surface area contributed by atoms with Gasteiger partial charge in [-0.25, -0.2) is 0 Å². The molecule has 1 saturated carbocycles. The van der Waals surface area contributed by atoms with Crippen LogP contribution in [0.25, 0.3) is 0 Å². The van der Waals surface area contributed by atoms with Gasteiger partial charge >= 0.3 is 0 Å². The molecule has 0 radical (unpaired) electrons. The zero-order valence-electron chi connectivity index (χ0n) is 13.7. The smallest absolute Gasteiger partial charge is 0.124 e. The largest absolute Gasteiger partial charge is 0.491 e. The number of benzene rings is 1. The SMILES string of the molecule is CC(C)(C)C1CCCC(NC2COc3ccccc32)CC1. The molecule has 1 heterocycles. The monoisotopic (exact) mass is 287 g/mol. The van der Waals surface area contributed by atoms with E-state index in [4.69, 9.17) is 4.74 Å². The third-order valence-corrected chi connectivity index (χ3v) is 5.33. The summed E-state index contributed by atoms with van der Waals surface area (Å²) < 4.78 is 5.80. The van der Waals surface area contributed by atoms with E-state index in [-0.39, 0.29) is 0 Å². The molecule has 3 atom stereocenters. The van der Waals surface area contributed by atoms with Gasteiger partial charge in [0.25, 0.3) is 0 Å². The van der Waals surface area contributed by atoms with Crippen LogP contribution in [0.5, 0.6) is 5.75 Å². The third-order valence-electron chi connectivity index (χ3n) is 5.33. The molecule has 21 heavy (non-hydrogen) atoms. The molecular formula is C19H29NO. The van der Waals surface area contributed by atoms with Crippen molar-refractivity contribution in [2.24, 2.45) is 11.3 Å². The first-order chi connectivity index (χ1) is 10.0. The lowest BCUT2D eigenvalue weighted by Gasteiger charge is -2.30. The molecule has 1 N–H and O–H groups in total. The summed E-state index contributed by atoms with van der Waals surface area (Å²) in [4.78, 5) is 0. The van der Waals surface area contributed by atoms with Crippen molar-refractivity contribution in [3.05, 3.63) is 29.8 Å². The van der Waals surface area contributed by atoms with Gasteiger partial charge in [-0.05, 0) is 43.1 Å². The van der Waals surface area contributed by atoms with Crippen LogP contribution in [0.2, 0.25) is 0 Å². The predicted octanol–water partition coefficient (Wildman–Crippen LogP) is 4.70. The summed E-state index contributed by atoms with van der Waals surface area (Å²) in [6.45, 7) is 7.98. The van der Waals surface area contributed by atoms with E-state index in [1.165, 1.54) is 37.7 Å². The molecule has 1 fully saturated rings. The van der Waals surface area contributed by atoms with Crippen molar-refractivity contribution in [2.75, 3.05) is 6.61 Å². The Morgan fingerprint density at radius 1 is 1.05 bits per heavy atom. The Balaban J connectivity index is 1.60. The molecule has 0 aromatic heterocycles. The quantitative estimate of drug-likeness (QED) is 0.796. The van der Waals surface area contributed by atoms with Crippen molar-refractivity contribution in [2.45, 2.75) is 65.0 Å². The van der Waals surface area contributed by atoms with Crippen LogP contribution in [0.1, 0.15) is 64.5 Å². The molecule has 1 aliphatic carbocycles. The highest BCUT2D eigenvalue weighted by molar-refractivity contribution is 5.39. The second-order valence-corrected chi connectivity index (χ2v) is 7.84. The Kier molecular flexibility index (Phi) is 4.26. The molecule has 3 rings (SSSR count). The van der Waals surface area contributed by atoms with Crippen LogP contribution >= 0.6 is 0 Å². The minimum atomic E-state index is 0.386. The lowest BCUT2D eigenvalue weighted by atomic mass is 9.76.